The van der Waals surface area contributed by atoms with Crippen LogP contribution in [0.3, 0.4) is 0 Å². The molecular weight excluding hydrogens is 416 g/mol. The number of hydrogen-bond acceptors (Lipinski definition) is 5. The van der Waals surface area contributed by atoms with E-state index in [1.807, 2.05) is 30.3 Å². The van der Waals surface area contributed by atoms with Gasteiger partial charge in [0, 0.05) is 31.1 Å². The van der Waals surface area contributed by atoms with Crippen molar-refractivity contribution in [2.24, 2.45) is 0 Å². The van der Waals surface area contributed by atoms with Crippen LogP contribution in [-0.2, 0) is 0 Å². The van der Waals surface area contributed by atoms with E-state index in [2.05, 4.69) is 9.88 Å². The summed E-state index contributed by atoms with van der Waals surface area (Å²) in [6, 6.07) is 12.1. The standard InChI is InChI=1S/C26H30N4O3/c31-26(32)21-14-22(33-20-15-29(16-20)18-10-3-1-4-11-18)23-24(17-8-7-9-17)28-30(25(23)27-21)19-12-5-2-6-13-19/h2,5-6,12-14,17-18,20H,1,3-4,7-11,15-16H2,(H,31,32). The van der Waals surface area contributed by atoms with Crippen LogP contribution in [0.2, 0.25) is 0 Å². The largest absolute Gasteiger partial charge is 0.487 e. The van der Waals surface area contributed by atoms with Gasteiger partial charge in [-0.1, -0.05) is 43.9 Å². The average Bonchev–Trinajstić information content (AvgIpc) is 3.15. The van der Waals surface area contributed by atoms with Crippen molar-refractivity contribution in [3.63, 3.8) is 0 Å². The Labute approximate surface area is 193 Å². The third-order valence-corrected chi connectivity index (χ3v) is 7.60. The second-order valence-corrected chi connectivity index (χ2v) is 9.76. The zero-order chi connectivity index (χ0) is 22.4. The number of likely N-dealkylation sites (tertiary alicyclic amines) is 1. The fourth-order valence-electron chi connectivity index (χ4n) is 5.50. The lowest BCUT2D eigenvalue weighted by atomic mass is 9.82. The zero-order valence-corrected chi connectivity index (χ0v) is 18.8. The van der Waals surface area contributed by atoms with E-state index in [1.54, 1.807) is 10.7 Å². The Morgan fingerprint density at radius 3 is 2.42 bits per heavy atom. The van der Waals surface area contributed by atoms with E-state index in [9.17, 15) is 9.90 Å². The molecule has 1 aromatic carbocycles. The molecule has 0 radical (unpaired) electrons. The van der Waals surface area contributed by atoms with E-state index in [0.29, 0.717) is 23.4 Å². The molecule has 3 fully saturated rings. The van der Waals surface area contributed by atoms with Gasteiger partial charge < -0.3 is 9.84 Å². The predicted octanol–water partition coefficient (Wildman–Crippen LogP) is 4.78. The zero-order valence-electron chi connectivity index (χ0n) is 18.8. The lowest BCUT2D eigenvalue weighted by molar-refractivity contribution is -0.0181. The molecule has 0 amide bonds. The van der Waals surface area contributed by atoms with Gasteiger partial charge in [0.25, 0.3) is 0 Å². The summed E-state index contributed by atoms with van der Waals surface area (Å²) >= 11 is 0. The van der Waals surface area contributed by atoms with Gasteiger partial charge in [-0.2, -0.15) is 5.10 Å². The summed E-state index contributed by atoms with van der Waals surface area (Å²) < 4.78 is 8.27. The Kier molecular flexibility index (Phi) is 5.29. The molecular formula is C26H30N4O3. The summed E-state index contributed by atoms with van der Waals surface area (Å²) in [6.07, 6.45) is 10.0. The van der Waals surface area contributed by atoms with Crippen molar-refractivity contribution in [2.75, 3.05) is 13.1 Å². The number of rotatable bonds is 6. The number of fused-ring (bicyclic) bond motifs is 1. The van der Waals surface area contributed by atoms with Crippen molar-refractivity contribution < 1.29 is 14.6 Å². The monoisotopic (exact) mass is 446 g/mol. The molecule has 2 aliphatic carbocycles. The van der Waals surface area contributed by atoms with Gasteiger partial charge in [0.15, 0.2) is 11.3 Å². The van der Waals surface area contributed by atoms with E-state index in [4.69, 9.17) is 9.84 Å². The van der Waals surface area contributed by atoms with Crippen molar-refractivity contribution in [1.29, 1.82) is 0 Å². The Hall–Kier alpha value is -2.93. The molecule has 3 aliphatic rings. The Morgan fingerprint density at radius 1 is 1.00 bits per heavy atom. The first-order chi connectivity index (χ1) is 16.2. The molecule has 1 aliphatic heterocycles. The van der Waals surface area contributed by atoms with Crippen molar-refractivity contribution in [2.45, 2.75) is 69.4 Å². The number of ether oxygens (including phenoxy) is 1. The highest BCUT2D eigenvalue weighted by molar-refractivity contribution is 5.94. The molecule has 1 saturated heterocycles. The Balaban J connectivity index is 1.37. The topological polar surface area (TPSA) is 80.5 Å². The Morgan fingerprint density at radius 2 is 1.76 bits per heavy atom. The van der Waals surface area contributed by atoms with Crippen LogP contribution < -0.4 is 4.74 Å². The van der Waals surface area contributed by atoms with Crippen molar-refractivity contribution in [3.8, 4) is 11.4 Å². The number of carboxylic acids is 1. The van der Waals surface area contributed by atoms with Crippen LogP contribution in [0.5, 0.6) is 5.75 Å². The third-order valence-electron chi connectivity index (χ3n) is 7.60. The van der Waals surface area contributed by atoms with Crippen molar-refractivity contribution in [1.82, 2.24) is 19.7 Å². The Bertz CT molecular complexity index is 1160. The van der Waals surface area contributed by atoms with Gasteiger partial charge in [0.1, 0.15) is 11.9 Å². The maximum Gasteiger partial charge on any atom is 0.354 e. The van der Waals surface area contributed by atoms with Gasteiger partial charge in [-0.3, -0.25) is 4.90 Å². The summed E-state index contributed by atoms with van der Waals surface area (Å²) in [5.74, 6) is -0.0580. The molecule has 7 heteroatoms. The minimum atomic E-state index is -1.05. The van der Waals surface area contributed by atoms with Crippen LogP contribution in [-0.4, -0.2) is 56.0 Å². The molecule has 0 bridgehead atoms. The van der Waals surface area contributed by atoms with Crippen LogP contribution in [0.25, 0.3) is 16.7 Å². The second-order valence-electron chi connectivity index (χ2n) is 9.76. The highest BCUT2D eigenvalue weighted by Crippen LogP contribution is 2.43. The van der Waals surface area contributed by atoms with Gasteiger partial charge in [-0.05, 0) is 37.8 Å². The van der Waals surface area contributed by atoms with Crippen molar-refractivity contribution in [3.05, 3.63) is 47.8 Å². The molecule has 1 N–H and O–H groups in total. The number of benzene rings is 1. The SMILES string of the molecule is O=C(O)c1cc(OC2CN(C3CCCCC3)C2)c2c(C3CCC3)nn(-c3ccccc3)c2n1. The molecule has 0 atom stereocenters. The maximum atomic E-state index is 11.9. The predicted molar refractivity (Wildman–Crippen MR) is 125 cm³/mol. The average molecular weight is 447 g/mol. The normalized spacial score (nSPS) is 20.5. The van der Waals surface area contributed by atoms with Gasteiger partial charge in [-0.25, -0.2) is 14.5 Å². The van der Waals surface area contributed by atoms with Crippen molar-refractivity contribution >= 4 is 17.0 Å². The van der Waals surface area contributed by atoms with E-state index >= 15 is 0 Å². The fraction of sp³-hybridized carbons (Fsp3) is 0.500. The minimum absolute atomic E-state index is 0.00167. The van der Waals surface area contributed by atoms with Gasteiger partial charge in [0.05, 0.1) is 16.8 Å². The fourth-order valence-corrected chi connectivity index (χ4v) is 5.50. The van der Waals surface area contributed by atoms with Gasteiger partial charge in [-0.15, -0.1) is 0 Å². The number of aromatic carboxylic acids is 1. The van der Waals surface area contributed by atoms with Crippen LogP contribution >= 0.6 is 0 Å². The third kappa shape index (κ3) is 3.78. The minimum Gasteiger partial charge on any atom is -0.487 e. The van der Waals surface area contributed by atoms with E-state index in [1.165, 1.54) is 38.5 Å². The van der Waals surface area contributed by atoms with Crippen LogP contribution in [0.1, 0.15) is 73.5 Å². The molecule has 7 nitrogen and oxygen atoms in total. The molecule has 172 valence electrons. The molecule has 6 rings (SSSR count). The molecule has 3 aromatic rings. The number of hydrogen-bond donors (Lipinski definition) is 1. The number of para-hydroxylation sites is 1. The van der Waals surface area contributed by atoms with E-state index in [-0.39, 0.29) is 11.8 Å². The molecule has 2 aromatic heterocycles. The molecule has 3 heterocycles. The number of nitrogens with zero attached hydrogens (tertiary/aromatic N) is 4. The molecule has 33 heavy (non-hydrogen) atoms. The van der Waals surface area contributed by atoms with Crippen LogP contribution in [0, 0.1) is 0 Å². The number of pyridine rings is 1. The van der Waals surface area contributed by atoms with Crippen LogP contribution in [0.4, 0.5) is 0 Å². The summed E-state index contributed by atoms with van der Waals surface area (Å²) in [6.45, 7) is 1.81. The quantitative estimate of drug-likeness (QED) is 0.587. The molecule has 2 saturated carbocycles. The van der Waals surface area contributed by atoms with Gasteiger partial charge >= 0.3 is 5.97 Å². The van der Waals surface area contributed by atoms with Crippen LogP contribution in [0.15, 0.2) is 36.4 Å². The lowest BCUT2D eigenvalue weighted by Gasteiger charge is -2.45. The summed E-state index contributed by atoms with van der Waals surface area (Å²) in [7, 11) is 0. The first-order valence-electron chi connectivity index (χ1n) is 12.3. The highest BCUT2D eigenvalue weighted by atomic mass is 16.5. The summed E-state index contributed by atoms with van der Waals surface area (Å²) in [5.41, 5.74) is 2.43. The first kappa shape index (κ1) is 20.7. The highest BCUT2D eigenvalue weighted by Gasteiger charge is 2.36. The summed E-state index contributed by atoms with van der Waals surface area (Å²) in [4.78, 5) is 19.0. The smallest absolute Gasteiger partial charge is 0.354 e. The number of carbonyl (C=O) groups is 1. The van der Waals surface area contributed by atoms with Gasteiger partial charge in [0.2, 0.25) is 0 Å². The summed E-state index contributed by atoms with van der Waals surface area (Å²) in [5, 5.41) is 15.6. The second kappa shape index (κ2) is 8.45. The lowest BCUT2D eigenvalue weighted by Crippen LogP contribution is -2.58. The number of aromatic nitrogens is 3. The maximum absolute atomic E-state index is 11.9. The number of carboxylic acid groups (broad SMARTS) is 1. The molecule has 0 spiro atoms. The molecule has 0 unspecified atom stereocenters. The first-order valence-corrected chi connectivity index (χ1v) is 12.3. The van der Waals surface area contributed by atoms with E-state index < -0.39 is 5.97 Å². The van der Waals surface area contributed by atoms with E-state index in [0.717, 1.165) is 42.7 Å².